The van der Waals surface area contributed by atoms with Gasteiger partial charge in [-0.1, -0.05) is 22.9 Å². The lowest BCUT2D eigenvalue weighted by Gasteiger charge is -2.21. The molecular weight excluding hydrogens is 477 g/mol. The van der Waals surface area contributed by atoms with Crippen LogP contribution in [0.25, 0.3) is 10.2 Å². The largest absolute Gasteiger partial charge is 0.308 e. The highest BCUT2D eigenvalue weighted by Crippen LogP contribution is 2.34. The second-order valence-corrected chi connectivity index (χ2v) is 9.84. The number of anilines is 1. The van der Waals surface area contributed by atoms with Gasteiger partial charge in [0, 0.05) is 18.1 Å². The fourth-order valence-electron chi connectivity index (χ4n) is 2.40. The fraction of sp³-hybridized carbons (Fsp3) is 0.294. The van der Waals surface area contributed by atoms with Gasteiger partial charge in [0.15, 0.2) is 5.13 Å². The summed E-state index contributed by atoms with van der Waals surface area (Å²) in [5.41, 5.74) is 1.92. The van der Waals surface area contributed by atoms with E-state index >= 15 is 0 Å². The highest BCUT2D eigenvalue weighted by atomic mass is 79.9. The third-order valence-electron chi connectivity index (χ3n) is 3.67. The number of likely N-dealkylation sites (N-methyl/N-ethyl adjacent to an activating group) is 1. The highest BCUT2D eigenvalue weighted by molar-refractivity contribution is 9.11. The van der Waals surface area contributed by atoms with Gasteiger partial charge in [-0.25, -0.2) is 4.98 Å². The monoisotopic (exact) mass is 493 g/mol. The van der Waals surface area contributed by atoms with E-state index in [2.05, 4.69) is 20.8 Å². The van der Waals surface area contributed by atoms with Crippen molar-refractivity contribution in [2.24, 2.45) is 0 Å². The molecule has 4 nitrogen and oxygen atoms in total. The molecule has 0 bridgehead atoms. The lowest BCUT2D eigenvalue weighted by atomic mass is 10.2. The smallest absolute Gasteiger partial charge is 0.270 e. The summed E-state index contributed by atoms with van der Waals surface area (Å²) in [5.74, 6) is -0.0274. The van der Waals surface area contributed by atoms with Gasteiger partial charge in [0.2, 0.25) is 0 Å². The topological polar surface area (TPSA) is 36.4 Å². The van der Waals surface area contributed by atoms with Crippen molar-refractivity contribution in [3.8, 4) is 0 Å². The average Bonchev–Trinajstić information content (AvgIpc) is 3.13. The number of aromatic nitrogens is 1. The Bertz CT molecular complexity index is 926. The Hall–Kier alpha value is -0.700. The van der Waals surface area contributed by atoms with Gasteiger partial charge < -0.3 is 4.90 Å². The van der Waals surface area contributed by atoms with Crippen molar-refractivity contribution in [2.45, 2.75) is 6.92 Å². The number of thiazole rings is 1. The Labute approximate surface area is 180 Å². The third-order valence-corrected chi connectivity index (χ3v) is 6.53. The second-order valence-electron chi connectivity index (χ2n) is 5.93. The van der Waals surface area contributed by atoms with Crippen molar-refractivity contribution in [2.75, 3.05) is 32.1 Å². The van der Waals surface area contributed by atoms with Crippen LogP contribution in [-0.4, -0.2) is 43.0 Å². The first-order valence-electron chi connectivity index (χ1n) is 7.64. The molecule has 26 heavy (non-hydrogen) atoms. The molecule has 0 saturated carbocycles. The molecule has 0 unspecified atom stereocenters. The molecule has 0 spiro atoms. The van der Waals surface area contributed by atoms with Gasteiger partial charge in [-0.2, -0.15) is 0 Å². The number of rotatable bonds is 5. The molecule has 0 fully saturated rings. The van der Waals surface area contributed by atoms with E-state index in [0.29, 0.717) is 21.6 Å². The van der Waals surface area contributed by atoms with Gasteiger partial charge in [-0.15, -0.1) is 23.7 Å². The Morgan fingerprint density at radius 2 is 1.96 bits per heavy atom. The molecule has 0 radical (unpaired) electrons. The standard InChI is InChI=1S/C17H17BrClN3OS2.ClH/c1-10-8-11(19)9-13-15(10)20-17(25-13)22(7-6-21(2)3)16(23)12-4-5-14(18)24-12;/h4-5,8-9H,6-7H2,1-3H3;1H. The van der Waals surface area contributed by atoms with E-state index in [1.165, 1.54) is 22.7 Å². The van der Waals surface area contributed by atoms with E-state index in [1.54, 1.807) is 4.90 Å². The van der Waals surface area contributed by atoms with Crippen LogP contribution < -0.4 is 4.90 Å². The predicted molar refractivity (Wildman–Crippen MR) is 119 cm³/mol. The molecule has 9 heteroatoms. The second kappa shape index (κ2) is 8.99. The van der Waals surface area contributed by atoms with Crippen LogP contribution in [0.5, 0.6) is 0 Å². The first-order chi connectivity index (χ1) is 11.8. The average molecular weight is 495 g/mol. The Kier molecular flexibility index (Phi) is 7.47. The predicted octanol–water partition coefficient (Wildman–Crippen LogP) is 5.71. The molecule has 2 aromatic heterocycles. The lowest BCUT2D eigenvalue weighted by Crippen LogP contribution is -2.36. The van der Waals surface area contributed by atoms with E-state index < -0.39 is 0 Å². The number of carbonyl (C=O) groups excluding carboxylic acids is 1. The summed E-state index contributed by atoms with van der Waals surface area (Å²) in [7, 11) is 3.99. The summed E-state index contributed by atoms with van der Waals surface area (Å²) < 4.78 is 1.94. The van der Waals surface area contributed by atoms with Crippen molar-refractivity contribution in [3.05, 3.63) is 43.5 Å². The van der Waals surface area contributed by atoms with E-state index in [0.717, 1.165) is 26.1 Å². The van der Waals surface area contributed by atoms with E-state index in [9.17, 15) is 4.79 Å². The number of carbonyl (C=O) groups is 1. The number of benzene rings is 1. The summed E-state index contributed by atoms with van der Waals surface area (Å²) in [6, 6.07) is 7.54. The molecule has 3 rings (SSSR count). The number of thiophene rings is 1. The molecule has 140 valence electrons. The minimum absolute atomic E-state index is 0. The number of amides is 1. The highest BCUT2D eigenvalue weighted by Gasteiger charge is 2.23. The first-order valence-corrected chi connectivity index (χ1v) is 10.4. The number of nitrogens with zero attached hydrogens (tertiary/aromatic N) is 3. The number of hydrogen-bond donors (Lipinski definition) is 0. The van der Waals surface area contributed by atoms with E-state index in [-0.39, 0.29) is 18.3 Å². The zero-order chi connectivity index (χ0) is 18.1. The number of hydrogen-bond acceptors (Lipinski definition) is 5. The van der Waals surface area contributed by atoms with E-state index in [1.807, 2.05) is 45.3 Å². The molecule has 0 saturated heterocycles. The molecular formula is C17H18BrCl2N3OS2. The van der Waals surface area contributed by atoms with Gasteiger partial charge in [-0.3, -0.25) is 9.69 Å². The van der Waals surface area contributed by atoms with Crippen LogP contribution in [0.15, 0.2) is 28.1 Å². The summed E-state index contributed by atoms with van der Waals surface area (Å²) in [4.78, 5) is 22.3. The summed E-state index contributed by atoms with van der Waals surface area (Å²) in [6.45, 7) is 3.32. The van der Waals surface area contributed by atoms with Gasteiger partial charge >= 0.3 is 0 Å². The van der Waals surface area contributed by atoms with Crippen LogP contribution in [0.2, 0.25) is 5.02 Å². The van der Waals surface area contributed by atoms with Crippen LogP contribution >= 0.6 is 62.6 Å². The fourth-order valence-corrected chi connectivity index (χ4v) is 5.18. The van der Waals surface area contributed by atoms with Crippen LogP contribution in [0.1, 0.15) is 15.2 Å². The van der Waals surface area contributed by atoms with Gasteiger partial charge in [0.25, 0.3) is 5.91 Å². The molecule has 0 N–H and O–H groups in total. The summed E-state index contributed by atoms with van der Waals surface area (Å²) >= 11 is 12.5. The maximum atomic E-state index is 13.0. The van der Waals surface area contributed by atoms with E-state index in [4.69, 9.17) is 16.6 Å². The lowest BCUT2D eigenvalue weighted by molar-refractivity contribution is 0.0989. The van der Waals surface area contributed by atoms with Crippen molar-refractivity contribution in [1.82, 2.24) is 9.88 Å². The van der Waals surface area contributed by atoms with Crippen LogP contribution in [0, 0.1) is 6.92 Å². The zero-order valence-electron chi connectivity index (χ0n) is 14.5. The third kappa shape index (κ3) is 4.77. The van der Waals surface area contributed by atoms with Crippen molar-refractivity contribution < 1.29 is 4.79 Å². The molecule has 1 aromatic carbocycles. The quantitative estimate of drug-likeness (QED) is 0.455. The minimum atomic E-state index is -0.0274. The SMILES string of the molecule is Cc1cc(Cl)cc2sc(N(CCN(C)C)C(=O)c3ccc(Br)s3)nc12.Cl. The first kappa shape index (κ1) is 21.6. The zero-order valence-corrected chi connectivity index (χ0v) is 19.2. The maximum absolute atomic E-state index is 13.0. The number of halogens is 3. The molecule has 0 aliphatic heterocycles. The normalized spacial score (nSPS) is 11.0. The Morgan fingerprint density at radius 3 is 2.58 bits per heavy atom. The molecule has 0 atom stereocenters. The Morgan fingerprint density at radius 1 is 1.23 bits per heavy atom. The summed E-state index contributed by atoms with van der Waals surface area (Å²) in [5, 5.41) is 1.39. The van der Waals surface area contributed by atoms with Crippen LogP contribution in [0.3, 0.4) is 0 Å². The number of fused-ring (bicyclic) bond motifs is 1. The number of aryl methyl sites for hydroxylation is 1. The molecule has 1 amide bonds. The molecule has 0 aliphatic rings. The van der Waals surface area contributed by atoms with Crippen molar-refractivity contribution in [1.29, 1.82) is 0 Å². The van der Waals surface area contributed by atoms with Crippen LogP contribution in [0.4, 0.5) is 5.13 Å². The molecule has 0 aliphatic carbocycles. The van der Waals surface area contributed by atoms with Gasteiger partial charge in [-0.05, 0) is 66.8 Å². The van der Waals surface area contributed by atoms with Crippen molar-refractivity contribution >= 4 is 83.9 Å². The van der Waals surface area contributed by atoms with Crippen molar-refractivity contribution in [3.63, 3.8) is 0 Å². The Balaban J connectivity index is 0.00000243. The minimum Gasteiger partial charge on any atom is -0.308 e. The maximum Gasteiger partial charge on any atom is 0.270 e. The summed E-state index contributed by atoms with van der Waals surface area (Å²) in [6.07, 6.45) is 0. The van der Waals surface area contributed by atoms with Gasteiger partial charge in [0.05, 0.1) is 18.9 Å². The van der Waals surface area contributed by atoms with Crippen LogP contribution in [-0.2, 0) is 0 Å². The van der Waals surface area contributed by atoms with Gasteiger partial charge in [0.1, 0.15) is 0 Å². The molecule has 3 aromatic rings. The molecule has 2 heterocycles.